The minimum absolute atomic E-state index is 0.0186. The van der Waals surface area contributed by atoms with Gasteiger partial charge in [0.05, 0.1) is 72.9 Å². The first-order valence-corrected chi connectivity index (χ1v) is 22.7. The molecule has 19 nitrogen and oxygen atoms in total. The Balaban J connectivity index is 0.000000985. The van der Waals surface area contributed by atoms with Crippen LogP contribution in [0.1, 0.15) is 68.8 Å². The molecule has 4 atom stereocenters. The predicted octanol–water partition coefficient (Wildman–Crippen LogP) is 7.61. The molecule has 22 heteroatoms. The number of nitrogens with zero attached hydrogens (tertiary/aromatic N) is 7. The van der Waals surface area contributed by atoms with Crippen LogP contribution in [0.3, 0.4) is 0 Å². The van der Waals surface area contributed by atoms with E-state index in [9.17, 15) is 37.5 Å². The van der Waals surface area contributed by atoms with Gasteiger partial charge in [-0.25, -0.2) is 29.3 Å². The van der Waals surface area contributed by atoms with Gasteiger partial charge in [0.15, 0.2) is 0 Å². The molecule has 2 aliphatic rings. The van der Waals surface area contributed by atoms with Crippen LogP contribution in [0.2, 0.25) is 0 Å². The summed E-state index contributed by atoms with van der Waals surface area (Å²) in [6.45, 7) is 5.04. The topological polar surface area (TPSA) is 249 Å². The van der Waals surface area contributed by atoms with Crippen LogP contribution >= 0.6 is 0 Å². The average Bonchev–Trinajstić information content (AvgIpc) is 4.21. The number of carboxylic acids is 1. The number of aliphatic carboxylic acids is 1. The number of ether oxygens (including phenoxy) is 2. The first-order valence-electron chi connectivity index (χ1n) is 22.7. The molecule has 3 aromatic carbocycles. The first kappa shape index (κ1) is 51.0. The summed E-state index contributed by atoms with van der Waals surface area (Å²) >= 11 is 0. The fourth-order valence-corrected chi connectivity index (χ4v) is 8.70. The molecule has 4 amide bonds. The van der Waals surface area contributed by atoms with Crippen molar-refractivity contribution in [1.29, 1.82) is 0 Å². The molecule has 6 aromatic rings. The van der Waals surface area contributed by atoms with E-state index in [0.717, 1.165) is 63.3 Å². The van der Waals surface area contributed by atoms with Gasteiger partial charge in [-0.3, -0.25) is 19.5 Å². The van der Waals surface area contributed by atoms with Crippen molar-refractivity contribution in [2.24, 2.45) is 5.92 Å². The van der Waals surface area contributed by atoms with Crippen molar-refractivity contribution >= 4 is 41.0 Å². The second-order valence-electron chi connectivity index (χ2n) is 17.3. The predicted molar refractivity (Wildman–Crippen MR) is 251 cm³/mol. The van der Waals surface area contributed by atoms with Crippen LogP contribution in [-0.2, 0) is 30.5 Å². The lowest BCUT2D eigenvalue weighted by atomic mass is 10.0. The third-order valence-electron chi connectivity index (χ3n) is 12.2. The van der Waals surface area contributed by atoms with Gasteiger partial charge in [-0.15, -0.1) is 0 Å². The van der Waals surface area contributed by atoms with Crippen molar-refractivity contribution in [2.75, 3.05) is 33.9 Å². The van der Waals surface area contributed by atoms with Crippen LogP contribution in [0.4, 0.5) is 22.8 Å². The monoisotopic (exact) mass is 982 g/mol. The van der Waals surface area contributed by atoms with Crippen LogP contribution in [0.15, 0.2) is 91.4 Å². The minimum atomic E-state index is -5.08. The van der Waals surface area contributed by atoms with E-state index >= 15 is 0 Å². The van der Waals surface area contributed by atoms with E-state index in [4.69, 9.17) is 39.3 Å². The molecular weight excluding hydrogens is 930 g/mol. The second-order valence-corrected chi connectivity index (χ2v) is 17.3. The number of halogens is 3. The highest BCUT2D eigenvalue weighted by molar-refractivity contribution is 5.87. The van der Waals surface area contributed by atoms with Crippen LogP contribution in [0, 0.1) is 5.92 Å². The van der Waals surface area contributed by atoms with Crippen molar-refractivity contribution in [3.8, 4) is 33.8 Å². The van der Waals surface area contributed by atoms with Crippen LogP contribution in [0.25, 0.3) is 44.8 Å². The molecule has 0 saturated carbocycles. The number of hydrogen-bond acceptors (Lipinski definition) is 11. The van der Waals surface area contributed by atoms with Crippen molar-refractivity contribution in [1.82, 2.24) is 49.9 Å². The summed E-state index contributed by atoms with van der Waals surface area (Å²) in [6.07, 6.45) is 1.43. The Bertz CT molecular complexity index is 2840. The molecule has 71 heavy (non-hydrogen) atoms. The third-order valence-corrected chi connectivity index (χ3v) is 12.2. The summed E-state index contributed by atoms with van der Waals surface area (Å²) in [4.78, 5) is 90.9. The molecule has 0 unspecified atom stereocenters. The number of nitrogens with one attached hydrogen (secondary N) is 3. The molecule has 5 N–H and O–H groups in total. The quantitative estimate of drug-likeness (QED) is 0.0706. The number of amides is 4. The molecule has 5 heterocycles. The summed E-state index contributed by atoms with van der Waals surface area (Å²) in [5, 5.41) is 19.4. The van der Waals surface area contributed by atoms with Crippen molar-refractivity contribution in [3.05, 3.63) is 109 Å². The number of alkyl halides is 3. The molecule has 374 valence electrons. The fraction of sp³-hybridized carbons (Fsp3) is 0.367. The molecule has 8 rings (SSSR count). The van der Waals surface area contributed by atoms with Crippen LogP contribution < -0.4 is 5.32 Å². The third kappa shape index (κ3) is 12.1. The van der Waals surface area contributed by atoms with Gasteiger partial charge in [-0.2, -0.15) is 13.2 Å². The second kappa shape index (κ2) is 22.3. The largest absolute Gasteiger partial charge is 0.490 e. The minimum Gasteiger partial charge on any atom is -0.475 e. The van der Waals surface area contributed by atoms with Crippen molar-refractivity contribution in [3.63, 3.8) is 0 Å². The Labute approximate surface area is 405 Å². The number of aromatic nitrogens is 6. The van der Waals surface area contributed by atoms with Gasteiger partial charge in [0.2, 0.25) is 11.8 Å². The zero-order chi connectivity index (χ0) is 51.0. The van der Waals surface area contributed by atoms with Crippen molar-refractivity contribution in [2.45, 2.75) is 76.5 Å². The molecule has 2 fully saturated rings. The smallest absolute Gasteiger partial charge is 0.475 e. The fourth-order valence-electron chi connectivity index (χ4n) is 8.70. The molecule has 3 aromatic heterocycles. The number of aromatic amines is 2. The van der Waals surface area contributed by atoms with E-state index in [-0.39, 0.29) is 36.4 Å². The van der Waals surface area contributed by atoms with E-state index < -0.39 is 36.4 Å². The number of imidazole rings is 2. The molecule has 0 aliphatic carbocycles. The number of likely N-dealkylation sites (tertiary alicyclic amines) is 2. The first-order chi connectivity index (χ1) is 33.9. The SMILES string of the molecule is COC(=O)N[C@H](COCc1ccccc1)C(=O)N1CCC[C@H]1c1ncc(-c2ccc3nc(-c4ccc(-c5c[nH]c([C@@H]6CCCN6C(=O)[C@H](C(C)C)N(C)C(=O)O)n5)cc4)cnc3c2)[nH]1.O=C(O)C(F)(F)F. The Morgan fingerprint density at radius 2 is 1.44 bits per heavy atom. The standard InChI is InChI=1S/C47H52N10O7.C2HF3O2/c1-28(2)41(55(3)47(61)62)45(59)57-21-9-13-40(57)43-49-24-36(52-43)31-16-14-30(15-17-31)35-23-48-34-22-32(18-19-33(34)51-35)37-25-50-42(53-37)39-12-8-20-56(39)44(58)38(54-46(60)63-4)27-64-26-29-10-6-5-7-11-29;3-2(4,5)1(6)7/h5-7,10-11,14-19,22-25,28,38-41H,8-9,12-13,20-21,26-27H2,1-4H3,(H,49,52)(H,50,53)(H,54,60)(H,61,62);(H,6,7)/t38-,39+,40+,41+;/m1./s1. The number of H-pyrrole nitrogens is 2. The lowest BCUT2D eigenvalue weighted by molar-refractivity contribution is -0.192. The summed E-state index contributed by atoms with van der Waals surface area (Å²) in [6, 6.07) is 21.0. The Morgan fingerprint density at radius 1 is 0.817 bits per heavy atom. The highest BCUT2D eigenvalue weighted by Gasteiger charge is 2.41. The van der Waals surface area contributed by atoms with Crippen LogP contribution in [0.5, 0.6) is 0 Å². The number of carbonyl (C=O) groups excluding carboxylic acids is 3. The highest BCUT2D eigenvalue weighted by atomic mass is 19.4. The van der Waals surface area contributed by atoms with Gasteiger partial charge in [0, 0.05) is 43.0 Å². The Hall–Kier alpha value is -7.88. The zero-order valence-electron chi connectivity index (χ0n) is 39.2. The summed E-state index contributed by atoms with van der Waals surface area (Å²) < 4.78 is 42.4. The number of likely N-dealkylation sites (N-methyl/N-ethyl adjacent to an activating group) is 1. The molecule has 2 aliphatic heterocycles. The number of fused-ring (bicyclic) bond motifs is 1. The number of carbonyl (C=O) groups is 5. The van der Waals surface area contributed by atoms with E-state index in [1.807, 2.05) is 92.8 Å². The number of rotatable bonds is 14. The van der Waals surface area contributed by atoms with Gasteiger partial charge in [-0.1, -0.05) is 74.5 Å². The molecule has 0 radical (unpaired) electrons. The lowest BCUT2D eigenvalue weighted by Crippen LogP contribution is -2.51. The van der Waals surface area contributed by atoms with Crippen LogP contribution in [-0.4, -0.2) is 137 Å². The van der Waals surface area contributed by atoms with E-state index in [2.05, 4.69) is 15.3 Å². The van der Waals surface area contributed by atoms with E-state index in [0.29, 0.717) is 49.0 Å². The Kier molecular flexibility index (Phi) is 16.0. The maximum absolute atomic E-state index is 13.9. The summed E-state index contributed by atoms with van der Waals surface area (Å²) in [5.74, 6) is -2.11. The summed E-state index contributed by atoms with van der Waals surface area (Å²) in [7, 11) is 2.70. The zero-order valence-corrected chi connectivity index (χ0v) is 39.2. The van der Waals surface area contributed by atoms with Gasteiger partial charge in [-0.05, 0) is 49.3 Å². The van der Waals surface area contributed by atoms with Gasteiger partial charge in [0.1, 0.15) is 23.7 Å². The normalized spacial score (nSPS) is 16.6. The highest BCUT2D eigenvalue weighted by Crippen LogP contribution is 2.35. The number of alkyl carbamates (subject to hydrolysis) is 1. The van der Waals surface area contributed by atoms with Gasteiger partial charge >= 0.3 is 24.3 Å². The number of methoxy groups -OCH3 is 1. The Morgan fingerprint density at radius 3 is 2.06 bits per heavy atom. The number of carboxylic acid groups (broad SMARTS) is 2. The van der Waals surface area contributed by atoms with Gasteiger partial charge in [0.25, 0.3) is 0 Å². The van der Waals surface area contributed by atoms with Crippen molar-refractivity contribution < 1.29 is 56.8 Å². The molecule has 0 spiro atoms. The van der Waals surface area contributed by atoms with E-state index in [1.165, 1.54) is 14.2 Å². The maximum Gasteiger partial charge on any atom is 0.490 e. The average molecular weight is 983 g/mol. The van der Waals surface area contributed by atoms with Gasteiger partial charge < -0.3 is 44.8 Å². The molecule has 2 saturated heterocycles. The lowest BCUT2D eigenvalue weighted by Gasteiger charge is -2.33. The number of benzene rings is 3. The molecular formula is C49H53F3N10O9. The molecule has 0 bridgehead atoms. The van der Waals surface area contributed by atoms with E-state index in [1.54, 1.807) is 22.2 Å². The summed E-state index contributed by atoms with van der Waals surface area (Å²) in [5.41, 5.74) is 7.23. The maximum atomic E-state index is 13.9. The number of hydrogen-bond donors (Lipinski definition) is 5.